The fourth-order valence-electron chi connectivity index (χ4n) is 2.22. The topological polar surface area (TPSA) is 69.2 Å². The molecule has 0 unspecified atom stereocenters. The molecule has 1 fully saturated rings. The van der Waals surface area contributed by atoms with Crippen LogP contribution in [0.25, 0.3) is 0 Å². The van der Waals surface area contributed by atoms with Crippen LogP contribution in [0.5, 0.6) is 0 Å². The van der Waals surface area contributed by atoms with Crippen LogP contribution in [0.3, 0.4) is 0 Å². The first-order chi connectivity index (χ1) is 7.12. The van der Waals surface area contributed by atoms with E-state index >= 15 is 0 Å². The van der Waals surface area contributed by atoms with Gasteiger partial charge in [-0.3, -0.25) is 10.1 Å². The van der Waals surface area contributed by atoms with Gasteiger partial charge in [-0.1, -0.05) is 25.0 Å². The summed E-state index contributed by atoms with van der Waals surface area (Å²) in [4.78, 5) is 10.3. The Morgan fingerprint density at radius 1 is 1.33 bits per heavy atom. The maximum atomic E-state index is 10.6. The molecule has 1 aliphatic carbocycles. The number of nitro groups is 1. The first-order valence-electron chi connectivity index (χ1n) is 5.16. The first-order valence-corrected chi connectivity index (χ1v) is 5.16. The maximum Gasteiger partial charge on any atom is 0.269 e. The summed E-state index contributed by atoms with van der Waals surface area (Å²) in [5.74, 6) is 0. The summed E-state index contributed by atoms with van der Waals surface area (Å²) < 4.78 is 0. The van der Waals surface area contributed by atoms with Crippen LogP contribution >= 0.6 is 0 Å². The molecule has 15 heavy (non-hydrogen) atoms. The molecule has 0 heterocycles. The van der Waals surface area contributed by atoms with Gasteiger partial charge in [0.1, 0.15) is 0 Å². The first kappa shape index (κ1) is 10.1. The van der Waals surface area contributed by atoms with Gasteiger partial charge in [0.2, 0.25) is 0 Å². The van der Waals surface area contributed by atoms with Crippen LogP contribution in [0.2, 0.25) is 0 Å². The van der Waals surface area contributed by atoms with Crippen LogP contribution in [0.15, 0.2) is 24.3 Å². The number of nitrogens with zero attached hydrogens (tertiary/aromatic N) is 1. The van der Waals surface area contributed by atoms with Crippen LogP contribution in [-0.4, -0.2) is 4.92 Å². The fourth-order valence-corrected chi connectivity index (χ4v) is 2.22. The third kappa shape index (κ3) is 1.85. The number of hydrogen-bond donors (Lipinski definition) is 1. The van der Waals surface area contributed by atoms with Crippen molar-refractivity contribution >= 4 is 5.69 Å². The van der Waals surface area contributed by atoms with E-state index in [0.717, 1.165) is 31.2 Å². The number of hydrogen-bond acceptors (Lipinski definition) is 3. The van der Waals surface area contributed by atoms with Crippen molar-refractivity contribution in [3.8, 4) is 0 Å². The van der Waals surface area contributed by atoms with Crippen molar-refractivity contribution in [2.45, 2.75) is 31.2 Å². The molecule has 0 atom stereocenters. The van der Waals surface area contributed by atoms with Gasteiger partial charge in [-0.25, -0.2) is 0 Å². The summed E-state index contributed by atoms with van der Waals surface area (Å²) in [6.07, 6.45) is 4.07. The number of nitro benzene ring substituents is 1. The van der Waals surface area contributed by atoms with Crippen molar-refractivity contribution in [2.24, 2.45) is 5.73 Å². The Labute approximate surface area is 88.2 Å². The van der Waals surface area contributed by atoms with Gasteiger partial charge in [0, 0.05) is 17.7 Å². The number of rotatable bonds is 2. The highest BCUT2D eigenvalue weighted by molar-refractivity contribution is 5.38. The van der Waals surface area contributed by atoms with E-state index in [1.807, 2.05) is 6.07 Å². The second-order valence-corrected chi connectivity index (χ2v) is 4.17. The average Bonchev–Trinajstić information content (AvgIpc) is 2.67. The minimum atomic E-state index is -0.373. The van der Waals surface area contributed by atoms with Gasteiger partial charge in [-0.05, 0) is 18.4 Å². The van der Waals surface area contributed by atoms with Gasteiger partial charge in [-0.15, -0.1) is 0 Å². The summed E-state index contributed by atoms with van der Waals surface area (Å²) >= 11 is 0. The van der Waals surface area contributed by atoms with Crippen LogP contribution in [0.1, 0.15) is 31.2 Å². The lowest BCUT2D eigenvalue weighted by molar-refractivity contribution is -0.385. The molecule has 80 valence electrons. The molecule has 1 saturated carbocycles. The van der Waals surface area contributed by atoms with E-state index in [-0.39, 0.29) is 16.1 Å². The van der Waals surface area contributed by atoms with Crippen LogP contribution in [0.4, 0.5) is 5.69 Å². The van der Waals surface area contributed by atoms with Crippen LogP contribution in [0, 0.1) is 10.1 Å². The molecule has 0 bridgehead atoms. The van der Waals surface area contributed by atoms with E-state index in [1.54, 1.807) is 12.1 Å². The van der Waals surface area contributed by atoms with Gasteiger partial charge in [0.15, 0.2) is 0 Å². The Hall–Kier alpha value is -1.42. The zero-order valence-corrected chi connectivity index (χ0v) is 8.48. The Kier molecular flexibility index (Phi) is 2.44. The Morgan fingerprint density at radius 2 is 2.00 bits per heavy atom. The molecule has 1 aromatic carbocycles. The number of non-ortho nitro benzene ring substituents is 1. The van der Waals surface area contributed by atoms with Crippen LogP contribution in [-0.2, 0) is 5.54 Å². The second kappa shape index (κ2) is 3.62. The molecule has 4 nitrogen and oxygen atoms in total. The molecule has 0 saturated heterocycles. The normalized spacial score (nSPS) is 19.0. The highest BCUT2D eigenvalue weighted by Gasteiger charge is 2.31. The maximum absolute atomic E-state index is 10.6. The van der Waals surface area contributed by atoms with Crippen molar-refractivity contribution < 1.29 is 4.92 Å². The monoisotopic (exact) mass is 206 g/mol. The highest BCUT2D eigenvalue weighted by atomic mass is 16.6. The number of nitrogens with two attached hydrogens (primary N) is 1. The smallest absolute Gasteiger partial charge is 0.269 e. The minimum absolute atomic E-state index is 0.129. The molecule has 0 radical (unpaired) electrons. The standard InChI is InChI=1S/C11H14N2O2/c12-11(6-1-2-7-11)9-4-3-5-10(8-9)13(14)15/h3-5,8H,1-2,6-7,12H2. The van der Waals surface area contributed by atoms with E-state index in [9.17, 15) is 10.1 Å². The van der Waals surface area contributed by atoms with Crippen molar-refractivity contribution in [3.05, 3.63) is 39.9 Å². The van der Waals surface area contributed by atoms with Crippen molar-refractivity contribution in [1.82, 2.24) is 0 Å². The third-order valence-corrected chi connectivity index (χ3v) is 3.13. The molecule has 0 spiro atoms. The largest absolute Gasteiger partial charge is 0.321 e. The molecule has 0 amide bonds. The second-order valence-electron chi connectivity index (χ2n) is 4.17. The molecule has 0 aliphatic heterocycles. The lowest BCUT2D eigenvalue weighted by atomic mass is 9.89. The zero-order chi connectivity index (χ0) is 10.9. The summed E-state index contributed by atoms with van der Waals surface area (Å²) in [7, 11) is 0. The van der Waals surface area contributed by atoms with Crippen molar-refractivity contribution in [1.29, 1.82) is 0 Å². The predicted octanol–water partition coefficient (Wildman–Crippen LogP) is 2.32. The Bertz CT molecular complexity index is 384. The summed E-state index contributed by atoms with van der Waals surface area (Å²) in [5.41, 5.74) is 6.91. The molecular weight excluding hydrogens is 192 g/mol. The summed E-state index contributed by atoms with van der Waals surface area (Å²) in [6.45, 7) is 0. The van der Waals surface area contributed by atoms with Gasteiger partial charge < -0.3 is 5.73 Å². The van der Waals surface area contributed by atoms with Gasteiger partial charge in [0.25, 0.3) is 5.69 Å². The molecule has 1 aromatic rings. The van der Waals surface area contributed by atoms with Crippen LogP contribution < -0.4 is 5.73 Å². The molecule has 2 rings (SSSR count). The summed E-state index contributed by atoms with van der Waals surface area (Å²) in [6, 6.07) is 6.70. The molecule has 1 aliphatic rings. The minimum Gasteiger partial charge on any atom is -0.321 e. The van der Waals surface area contributed by atoms with E-state index in [4.69, 9.17) is 5.73 Å². The summed E-state index contributed by atoms with van der Waals surface area (Å²) in [5, 5.41) is 10.6. The molecule has 2 N–H and O–H groups in total. The predicted molar refractivity (Wildman–Crippen MR) is 57.4 cm³/mol. The fraction of sp³-hybridized carbons (Fsp3) is 0.455. The van der Waals surface area contributed by atoms with E-state index < -0.39 is 0 Å². The van der Waals surface area contributed by atoms with Crippen molar-refractivity contribution in [3.63, 3.8) is 0 Å². The zero-order valence-electron chi connectivity index (χ0n) is 8.48. The van der Waals surface area contributed by atoms with Gasteiger partial charge in [0.05, 0.1) is 4.92 Å². The van der Waals surface area contributed by atoms with Crippen molar-refractivity contribution in [2.75, 3.05) is 0 Å². The lowest BCUT2D eigenvalue weighted by Gasteiger charge is -2.23. The van der Waals surface area contributed by atoms with Gasteiger partial charge in [-0.2, -0.15) is 0 Å². The molecular formula is C11H14N2O2. The quantitative estimate of drug-likeness (QED) is 0.596. The average molecular weight is 206 g/mol. The molecule has 4 heteroatoms. The SMILES string of the molecule is NC1(c2cccc([N+](=O)[O-])c2)CCCC1. The van der Waals surface area contributed by atoms with E-state index in [0.29, 0.717) is 0 Å². The number of benzene rings is 1. The molecule has 0 aromatic heterocycles. The Morgan fingerprint density at radius 3 is 2.60 bits per heavy atom. The van der Waals surface area contributed by atoms with E-state index in [2.05, 4.69) is 0 Å². The highest BCUT2D eigenvalue weighted by Crippen LogP contribution is 2.37. The van der Waals surface area contributed by atoms with Gasteiger partial charge >= 0.3 is 0 Å². The third-order valence-electron chi connectivity index (χ3n) is 3.13. The Balaban J connectivity index is 2.36. The lowest BCUT2D eigenvalue weighted by Crippen LogP contribution is -2.32. The van der Waals surface area contributed by atoms with E-state index in [1.165, 1.54) is 6.07 Å².